The Labute approximate surface area is 208 Å². The Balaban J connectivity index is 1.44. The van der Waals surface area contributed by atoms with Crippen LogP contribution in [-0.4, -0.2) is 57.6 Å². The highest BCUT2D eigenvalue weighted by molar-refractivity contribution is 6.06. The molecular weight excluding hydrogens is 460 g/mol. The average molecular weight is 487 g/mol. The van der Waals surface area contributed by atoms with Crippen molar-refractivity contribution in [3.05, 3.63) is 66.6 Å². The van der Waals surface area contributed by atoms with Crippen molar-refractivity contribution >= 4 is 11.7 Å². The Morgan fingerprint density at radius 2 is 2.00 bits per heavy atom. The van der Waals surface area contributed by atoms with E-state index in [0.29, 0.717) is 54.3 Å². The van der Waals surface area contributed by atoms with Crippen LogP contribution in [0.1, 0.15) is 23.2 Å². The van der Waals surface area contributed by atoms with Gasteiger partial charge in [-0.3, -0.25) is 4.79 Å². The first-order valence-corrected chi connectivity index (χ1v) is 11.7. The third-order valence-electron chi connectivity index (χ3n) is 5.72. The molecule has 184 valence electrons. The summed E-state index contributed by atoms with van der Waals surface area (Å²) in [5, 5.41) is 11.1. The van der Waals surface area contributed by atoms with E-state index < -0.39 is 0 Å². The van der Waals surface area contributed by atoms with Gasteiger partial charge in [0.15, 0.2) is 5.82 Å². The van der Waals surface area contributed by atoms with Crippen molar-refractivity contribution in [2.24, 2.45) is 0 Å². The minimum atomic E-state index is -0.317. The molecule has 1 aliphatic rings. The summed E-state index contributed by atoms with van der Waals surface area (Å²) in [7, 11) is 1.62. The quantitative estimate of drug-likeness (QED) is 0.423. The number of hydrogen-bond acceptors (Lipinski definition) is 8. The molecule has 4 heterocycles. The first-order chi connectivity index (χ1) is 17.7. The van der Waals surface area contributed by atoms with Gasteiger partial charge in [-0.05, 0) is 48.7 Å². The first-order valence-electron chi connectivity index (χ1n) is 11.7. The van der Waals surface area contributed by atoms with Crippen molar-refractivity contribution in [1.82, 2.24) is 24.7 Å². The van der Waals surface area contributed by atoms with Gasteiger partial charge in [0.2, 0.25) is 5.88 Å². The molecule has 0 fully saturated rings. The second kappa shape index (κ2) is 11.0. The summed E-state index contributed by atoms with van der Waals surface area (Å²) < 4.78 is 18.5. The Kier molecular flexibility index (Phi) is 7.13. The van der Waals surface area contributed by atoms with Gasteiger partial charge in [0.1, 0.15) is 30.2 Å². The number of aromatic nitrogens is 5. The highest BCUT2D eigenvalue weighted by Crippen LogP contribution is 2.29. The molecule has 0 radical (unpaired) electrons. The molecule has 1 aliphatic heterocycles. The number of ether oxygens (including phenoxy) is 3. The van der Waals surface area contributed by atoms with Crippen LogP contribution in [0.2, 0.25) is 0 Å². The molecule has 2 bridgehead atoms. The number of carbonyl (C=O) groups excluding carboxylic acids is 1. The van der Waals surface area contributed by atoms with Crippen LogP contribution in [0.3, 0.4) is 0 Å². The molecule has 10 heteroatoms. The standard InChI is InChI=1S/C26H26N6O4/c1-34-13-14-36-24-10-8-19(16-27-24)18-7-9-22-20(15-18)26(33)30-23-6-4-5-21(29-23)25-31-28-17-32(25)11-2-3-12-35-22/h4-10,15-17H,2-3,11-14H2,1H3,(H,29,30,33). The third kappa shape index (κ3) is 5.33. The van der Waals surface area contributed by atoms with Gasteiger partial charge in [-0.2, -0.15) is 0 Å². The third-order valence-corrected chi connectivity index (χ3v) is 5.72. The van der Waals surface area contributed by atoms with Crippen LogP contribution in [-0.2, 0) is 11.3 Å². The predicted molar refractivity (Wildman–Crippen MR) is 133 cm³/mol. The number of methoxy groups -OCH3 is 1. The lowest BCUT2D eigenvalue weighted by Crippen LogP contribution is -2.16. The minimum Gasteiger partial charge on any atom is -0.493 e. The van der Waals surface area contributed by atoms with Crippen molar-refractivity contribution in [3.63, 3.8) is 0 Å². The number of benzene rings is 1. The predicted octanol–water partition coefficient (Wildman–Crippen LogP) is 3.85. The number of pyridine rings is 2. The van der Waals surface area contributed by atoms with Crippen LogP contribution in [0.4, 0.5) is 5.82 Å². The highest BCUT2D eigenvalue weighted by Gasteiger charge is 2.17. The molecule has 10 nitrogen and oxygen atoms in total. The molecular formula is C26H26N6O4. The fraction of sp³-hybridized carbons (Fsp3) is 0.269. The molecule has 1 aromatic carbocycles. The lowest BCUT2D eigenvalue weighted by molar-refractivity contribution is 0.102. The monoisotopic (exact) mass is 486 g/mol. The summed E-state index contributed by atoms with van der Waals surface area (Å²) in [5.41, 5.74) is 2.75. The van der Waals surface area contributed by atoms with Gasteiger partial charge in [0.05, 0.1) is 18.8 Å². The summed E-state index contributed by atoms with van der Waals surface area (Å²) in [5.74, 6) is 1.79. The van der Waals surface area contributed by atoms with E-state index in [1.165, 1.54) is 0 Å². The van der Waals surface area contributed by atoms with E-state index in [2.05, 4.69) is 25.5 Å². The van der Waals surface area contributed by atoms with Crippen molar-refractivity contribution < 1.29 is 19.0 Å². The van der Waals surface area contributed by atoms with Gasteiger partial charge in [-0.25, -0.2) is 9.97 Å². The summed E-state index contributed by atoms with van der Waals surface area (Å²) in [6.07, 6.45) is 5.09. The molecule has 36 heavy (non-hydrogen) atoms. The van der Waals surface area contributed by atoms with Gasteiger partial charge in [0, 0.05) is 31.5 Å². The van der Waals surface area contributed by atoms with E-state index in [1.807, 2.05) is 34.9 Å². The molecule has 0 saturated heterocycles. The molecule has 4 aromatic rings. The second-order valence-corrected chi connectivity index (χ2v) is 8.20. The molecule has 0 atom stereocenters. The Morgan fingerprint density at radius 3 is 2.86 bits per heavy atom. The van der Waals surface area contributed by atoms with Crippen LogP contribution >= 0.6 is 0 Å². The van der Waals surface area contributed by atoms with E-state index >= 15 is 0 Å². The molecule has 0 spiro atoms. The van der Waals surface area contributed by atoms with E-state index in [0.717, 1.165) is 30.5 Å². The zero-order valence-corrected chi connectivity index (χ0v) is 19.9. The minimum absolute atomic E-state index is 0.317. The molecule has 0 aliphatic carbocycles. The smallest absolute Gasteiger partial charge is 0.260 e. The van der Waals surface area contributed by atoms with Gasteiger partial charge in [-0.15, -0.1) is 10.2 Å². The van der Waals surface area contributed by atoms with Gasteiger partial charge in [0.25, 0.3) is 5.91 Å². The number of rotatable bonds is 5. The number of aryl methyl sites for hydroxylation is 1. The Bertz CT molecular complexity index is 1340. The van der Waals surface area contributed by atoms with Crippen LogP contribution in [0.5, 0.6) is 11.6 Å². The van der Waals surface area contributed by atoms with Crippen LogP contribution in [0, 0.1) is 0 Å². The van der Waals surface area contributed by atoms with E-state index in [4.69, 9.17) is 14.2 Å². The number of amides is 1. The molecule has 0 unspecified atom stereocenters. The SMILES string of the molecule is COCCOc1ccc(-c2ccc3c(c2)C(=O)Nc2cccc(n2)-c2nncn2CCCCO3)cn1. The van der Waals surface area contributed by atoms with E-state index in [-0.39, 0.29) is 5.91 Å². The number of hydrogen-bond donors (Lipinski definition) is 1. The van der Waals surface area contributed by atoms with E-state index in [9.17, 15) is 4.79 Å². The van der Waals surface area contributed by atoms with Gasteiger partial charge >= 0.3 is 0 Å². The summed E-state index contributed by atoms with van der Waals surface area (Å²) >= 11 is 0. The van der Waals surface area contributed by atoms with Crippen LogP contribution in [0.25, 0.3) is 22.6 Å². The summed E-state index contributed by atoms with van der Waals surface area (Å²) in [6, 6.07) is 14.7. The first kappa shape index (κ1) is 23.4. The van der Waals surface area contributed by atoms with Crippen molar-refractivity contribution in [1.29, 1.82) is 0 Å². The molecule has 1 N–H and O–H groups in total. The topological polar surface area (TPSA) is 113 Å². The van der Waals surface area contributed by atoms with E-state index in [1.54, 1.807) is 37.8 Å². The molecule has 5 rings (SSSR count). The normalized spacial score (nSPS) is 13.5. The lowest BCUT2D eigenvalue weighted by atomic mass is 10.0. The fourth-order valence-electron chi connectivity index (χ4n) is 3.87. The number of nitrogens with zero attached hydrogens (tertiary/aromatic N) is 5. The molecule has 1 amide bonds. The Morgan fingerprint density at radius 1 is 1.08 bits per heavy atom. The maximum atomic E-state index is 13.3. The zero-order chi connectivity index (χ0) is 24.7. The van der Waals surface area contributed by atoms with Crippen molar-refractivity contribution in [2.75, 3.05) is 32.2 Å². The maximum Gasteiger partial charge on any atom is 0.260 e. The lowest BCUT2D eigenvalue weighted by Gasteiger charge is -2.15. The average Bonchev–Trinajstić information content (AvgIpc) is 3.37. The largest absolute Gasteiger partial charge is 0.493 e. The number of anilines is 1. The van der Waals surface area contributed by atoms with Crippen LogP contribution < -0.4 is 14.8 Å². The second-order valence-electron chi connectivity index (χ2n) is 8.20. The molecule has 3 aromatic heterocycles. The molecule has 0 saturated carbocycles. The van der Waals surface area contributed by atoms with Crippen molar-refractivity contribution in [2.45, 2.75) is 19.4 Å². The number of fused-ring (bicyclic) bond motifs is 5. The van der Waals surface area contributed by atoms with Gasteiger partial charge < -0.3 is 24.1 Å². The van der Waals surface area contributed by atoms with Gasteiger partial charge in [-0.1, -0.05) is 12.1 Å². The highest BCUT2D eigenvalue weighted by atomic mass is 16.5. The zero-order valence-electron chi connectivity index (χ0n) is 19.9. The summed E-state index contributed by atoms with van der Waals surface area (Å²) in [6.45, 7) is 2.14. The Hall–Kier alpha value is -4.31. The fourth-order valence-corrected chi connectivity index (χ4v) is 3.87. The maximum absolute atomic E-state index is 13.3. The van der Waals surface area contributed by atoms with Crippen LogP contribution in [0.15, 0.2) is 61.1 Å². The number of carbonyl (C=O) groups is 1. The summed E-state index contributed by atoms with van der Waals surface area (Å²) in [4.78, 5) is 22.3. The number of nitrogens with one attached hydrogen (secondary N) is 1. The van der Waals surface area contributed by atoms with Crippen molar-refractivity contribution in [3.8, 4) is 34.3 Å².